The van der Waals surface area contributed by atoms with Crippen molar-refractivity contribution >= 4 is 5.91 Å². The molecule has 0 saturated heterocycles. The quantitative estimate of drug-likeness (QED) is 0.694. The second-order valence-corrected chi connectivity index (χ2v) is 5.13. The van der Waals surface area contributed by atoms with Gasteiger partial charge in [0.2, 0.25) is 6.86 Å². The van der Waals surface area contributed by atoms with Gasteiger partial charge in [0.05, 0.1) is 12.7 Å². The third kappa shape index (κ3) is 5.60. The molecule has 1 amide bonds. The average molecular weight is 343 g/mol. The summed E-state index contributed by atoms with van der Waals surface area (Å²) in [5.41, 5.74) is 2.08. The van der Waals surface area contributed by atoms with Crippen LogP contribution in [0.2, 0.25) is 0 Å². The molecule has 0 bridgehead atoms. The molecule has 0 aliphatic carbocycles. The molecule has 0 fully saturated rings. The van der Waals surface area contributed by atoms with Gasteiger partial charge < -0.3 is 20.3 Å². The summed E-state index contributed by atoms with van der Waals surface area (Å²) in [5, 5.41) is 20.2. The van der Waals surface area contributed by atoms with Crippen LogP contribution in [0.5, 0.6) is 5.75 Å². The lowest BCUT2D eigenvalue weighted by molar-refractivity contribution is -0.116. The Labute approximate surface area is 145 Å². The molecule has 6 heteroatoms. The second-order valence-electron chi connectivity index (χ2n) is 5.13. The maximum absolute atomic E-state index is 12.7. The molecular formula is C19H18FNO4. The lowest BCUT2D eigenvalue weighted by atomic mass is 10.0. The molecule has 2 aromatic rings. The van der Waals surface area contributed by atoms with Crippen LogP contribution in [0.25, 0.3) is 11.1 Å². The molecule has 0 aromatic heterocycles. The van der Waals surface area contributed by atoms with E-state index < -0.39 is 25.5 Å². The third-order valence-electron chi connectivity index (χ3n) is 3.31. The monoisotopic (exact) mass is 343 g/mol. The molecule has 0 radical (unpaired) electrons. The van der Waals surface area contributed by atoms with Crippen molar-refractivity contribution in [2.24, 2.45) is 0 Å². The van der Waals surface area contributed by atoms with E-state index in [1.54, 1.807) is 18.2 Å². The number of hydrogen-bond donors (Lipinski definition) is 3. The normalized spacial score (nSPS) is 11.2. The Hall–Kier alpha value is -2.88. The molecule has 0 heterocycles. The molecule has 3 N–H and O–H groups in total. The first-order chi connectivity index (χ1) is 12.1. The van der Waals surface area contributed by atoms with Crippen LogP contribution in [0.3, 0.4) is 0 Å². The zero-order chi connectivity index (χ0) is 18.1. The Morgan fingerprint density at radius 1 is 1.24 bits per heavy atom. The standard InChI is InChI=1S/C19H18FNO4/c20-13-25-18-10-14(7-9-19(24)21-11-16(23)12-22)6-8-17(18)15-4-2-1-3-5-15/h1-6,8,10,16,22-23H,11-13H2,(H,21,24). The maximum atomic E-state index is 12.7. The zero-order valence-corrected chi connectivity index (χ0v) is 13.4. The van der Waals surface area contributed by atoms with Crippen molar-refractivity contribution in [1.29, 1.82) is 0 Å². The average Bonchev–Trinajstić information content (AvgIpc) is 2.65. The van der Waals surface area contributed by atoms with Crippen LogP contribution < -0.4 is 10.1 Å². The van der Waals surface area contributed by atoms with Gasteiger partial charge in [-0.15, -0.1) is 0 Å². The van der Waals surface area contributed by atoms with Gasteiger partial charge in [-0.3, -0.25) is 4.79 Å². The van der Waals surface area contributed by atoms with Crippen LogP contribution >= 0.6 is 0 Å². The number of carbonyl (C=O) groups excluding carboxylic acids is 1. The van der Waals surface area contributed by atoms with Crippen molar-refractivity contribution in [3.63, 3.8) is 0 Å². The third-order valence-corrected chi connectivity index (χ3v) is 3.31. The van der Waals surface area contributed by atoms with Gasteiger partial charge >= 0.3 is 0 Å². The second kappa shape index (κ2) is 9.42. The minimum absolute atomic E-state index is 0.0901. The number of benzene rings is 2. The Morgan fingerprint density at radius 2 is 2.00 bits per heavy atom. The zero-order valence-electron chi connectivity index (χ0n) is 13.4. The Morgan fingerprint density at radius 3 is 2.68 bits per heavy atom. The predicted octanol–water partition coefficient (Wildman–Crippen LogP) is 1.48. The fourth-order valence-electron chi connectivity index (χ4n) is 2.08. The Bertz CT molecular complexity index is 768. The van der Waals surface area contributed by atoms with E-state index in [9.17, 15) is 9.18 Å². The van der Waals surface area contributed by atoms with Gasteiger partial charge in [0.25, 0.3) is 5.91 Å². The largest absolute Gasteiger partial charge is 0.462 e. The van der Waals surface area contributed by atoms with E-state index in [1.807, 2.05) is 30.3 Å². The van der Waals surface area contributed by atoms with E-state index in [1.165, 1.54) is 0 Å². The number of aliphatic hydroxyl groups is 2. The number of nitrogens with one attached hydrogen (secondary N) is 1. The van der Waals surface area contributed by atoms with Gasteiger partial charge in [-0.1, -0.05) is 36.3 Å². The van der Waals surface area contributed by atoms with Crippen molar-refractivity contribution in [3.05, 3.63) is 54.1 Å². The van der Waals surface area contributed by atoms with E-state index in [2.05, 4.69) is 17.2 Å². The summed E-state index contributed by atoms with van der Waals surface area (Å²) >= 11 is 0. The van der Waals surface area contributed by atoms with Crippen molar-refractivity contribution in [1.82, 2.24) is 5.32 Å². The molecule has 25 heavy (non-hydrogen) atoms. The molecule has 0 aliphatic rings. The molecular weight excluding hydrogens is 325 g/mol. The lowest BCUT2D eigenvalue weighted by Crippen LogP contribution is -2.33. The van der Waals surface area contributed by atoms with Crippen molar-refractivity contribution < 1.29 is 24.1 Å². The molecule has 2 rings (SSSR count). The predicted molar refractivity (Wildman–Crippen MR) is 91.5 cm³/mol. The molecule has 1 unspecified atom stereocenters. The van der Waals surface area contributed by atoms with Crippen molar-refractivity contribution in [2.75, 3.05) is 20.0 Å². The number of ether oxygens (including phenoxy) is 1. The molecule has 0 spiro atoms. The minimum atomic E-state index is -1.03. The van der Waals surface area contributed by atoms with Crippen molar-refractivity contribution in [2.45, 2.75) is 6.10 Å². The van der Waals surface area contributed by atoms with Crippen LogP contribution in [0.15, 0.2) is 48.5 Å². The molecule has 0 aliphatic heterocycles. The van der Waals surface area contributed by atoms with Crippen LogP contribution in [0, 0.1) is 11.8 Å². The number of hydrogen-bond acceptors (Lipinski definition) is 4. The van der Waals surface area contributed by atoms with E-state index in [0.717, 1.165) is 11.1 Å². The lowest BCUT2D eigenvalue weighted by Gasteiger charge is -2.10. The summed E-state index contributed by atoms with van der Waals surface area (Å²) in [5.74, 6) is 4.76. The summed E-state index contributed by atoms with van der Waals surface area (Å²) < 4.78 is 17.7. The number of aliphatic hydroxyl groups excluding tert-OH is 2. The van der Waals surface area contributed by atoms with E-state index >= 15 is 0 Å². The maximum Gasteiger partial charge on any atom is 0.296 e. The van der Waals surface area contributed by atoms with Gasteiger partial charge in [0.15, 0.2) is 0 Å². The van der Waals surface area contributed by atoms with Gasteiger partial charge in [0.1, 0.15) is 5.75 Å². The van der Waals surface area contributed by atoms with Gasteiger partial charge in [-0.25, -0.2) is 4.39 Å². The molecule has 0 saturated carbocycles. The first kappa shape index (κ1) is 18.5. The molecule has 130 valence electrons. The van der Waals surface area contributed by atoms with Gasteiger partial charge in [0, 0.05) is 23.6 Å². The first-order valence-electron chi connectivity index (χ1n) is 7.61. The number of alkyl halides is 1. The number of rotatable bonds is 6. The highest BCUT2D eigenvalue weighted by Gasteiger charge is 2.07. The number of amides is 1. The first-order valence-corrected chi connectivity index (χ1v) is 7.61. The van der Waals surface area contributed by atoms with Crippen LogP contribution in [0.1, 0.15) is 5.56 Å². The topological polar surface area (TPSA) is 78.8 Å². The van der Waals surface area contributed by atoms with Crippen LogP contribution in [0.4, 0.5) is 4.39 Å². The minimum Gasteiger partial charge on any atom is -0.462 e. The Balaban J connectivity index is 2.17. The fraction of sp³-hybridized carbons (Fsp3) is 0.211. The van der Waals surface area contributed by atoms with E-state index in [-0.39, 0.29) is 6.54 Å². The molecule has 2 aromatic carbocycles. The summed E-state index contributed by atoms with van der Waals surface area (Å²) in [7, 11) is 0. The van der Waals surface area contributed by atoms with E-state index in [4.69, 9.17) is 14.9 Å². The fourth-order valence-corrected chi connectivity index (χ4v) is 2.08. The van der Waals surface area contributed by atoms with Crippen LogP contribution in [-0.4, -0.2) is 42.2 Å². The number of carbonyl (C=O) groups is 1. The SMILES string of the molecule is O=C(C#Cc1ccc(-c2ccccc2)c(OCF)c1)NCC(O)CO. The van der Waals surface area contributed by atoms with E-state index in [0.29, 0.717) is 11.3 Å². The Kier molecular flexibility index (Phi) is 6.96. The van der Waals surface area contributed by atoms with Crippen LogP contribution in [-0.2, 0) is 4.79 Å². The van der Waals surface area contributed by atoms with Crippen molar-refractivity contribution in [3.8, 4) is 28.7 Å². The van der Waals surface area contributed by atoms with Gasteiger partial charge in [-0.2, -0.15) is 0 Å². The summed E-state index contributed by atoms with van der Waals surface area (Å²) in [6.45, 7) is -1.51. The smallest absolute Gasteiger partial charge is 0.296 e. The summed E-state index contributed by atoms with van der Waals surface area (Å²) in [4.78, 5) is 11.6. The summed E-state index contributed by atoms with van der Waals surface area (Å²) in [6.07, 6.45) is -1.03. The van der Waals surface area contributed by atoms with Gasteiger partial charge in [-0.05, 0) is 23.8 Å². The summed E-state index contributed by atoms with van der Waals surface area (Å²) in [6, 6.07) is 14.4. The highest BCUT2D eigenvalue weighted by atomic mass is 19.1. The molecule has 1 atom stereocenters. The molecule has 5 nitrogen and oxygen atoms in total. The highest BCUT2D eigenvalue weighted by Crippen LogP contribution is 2.30. The number of halogens is 1. The highest BCUT2D eigenvalue weighted by molar-refractivity contribution is 5.94.